The van der Waals surface area contributed by atoms with Gasteiger partial charge in [-0.1, -0.05) is 0 Å². The summed E-state index contributed by atoms with van der Waals surface area (Å²) in [6.07, 6.45) is 0. The summed E-state index contributed by atoms with van der Waals surface area (Å²) in [6, 6.07) is 3.27. The number of thiazole rings is 1. The third kappa shape index (κ3) is 2.31. The Bertz CT molecular complexity index is 778. The first kappa shape index (κ1) is 13.5. The smallest absolute Gasteiger partial charge is 0.128 e. The lowest BCUT2D eigenvalue weighted by molar-refractivity contribution is 0.620. The first-order chi connectivity index (χ1) is 9.58. The van der Waals surface area contributed by atoms with Gasteiger partial charge in [0.1, 0.15) is 11.6 Å². The van der Waals surface area contributed by atoms with Crippen LogP contribution in [0.4, 0.5) is 4.39 Å². The Labute approximate surface area is 125 Å². The number of halogens is 2. The van der Waals surface area contributed by atoms with Crippen molar-refractivity contribution >= 4 is 34.0 Å². The van der Waals surface area contributed by atoms with E-state index in [1.54, 1.807) is 18.3 Å². The van der Waals surface area contributed by atoms with E-state index in [-0.39, 0.29) is 5.82 Å². The molecule has 104 valence electrons. The quantitative estimate of drug-likeness (QED) is 0.684. The van der Waals surface area contributed by atoms with Crippen LogP contribution in [0, 0.1) is 19.7 Å². The van der Waals surface area contributed by atoms with Crippen LogP contribution in [0.5, 0.6) is 0 Å². The van der Waals surface area contributed by atoms with Crippen molar-refractivity contribution in [2.75, 3.05) is 0 Å². The fourth-order valence-electron chi connectivity index (χ4n) is 2.22. The van der Waals surface area contributed by atoms with Crippen LogP contribution < -0.4 is 0 Å². The molecule has 0 aliphatic carbocycles. The summed E-state index contributed by atoms with van der Waals surface area (Å²) >= 11 is 7.57. The Hall–Kier alpha value is -1.46. The molecule has 3 aromatic rings. The van der Waals surface area contributed by atoms with Crippen LogP contribution in [0.2, 0.25) is 0 Å². The highest BCUT2D eigenvalue weighted by atomic mass is 35.5. The molecule has 0 atom stereocenters. The van der Waals surface area contributed by atoms with Gasteiger partial charge in [-0.25, -0.2) is 14.4 Å². The van der Waals surface area contributed by atoms with Gasteiger partial charge in [0.2, 0.25) is 0 Å². The van der Waals surface area contributed by atoms with Gasteiger partial charge in [-0.05, 0) is 25.5 Å². The molecule has 0 fully saturated rings. The van der Waals surface area contributed by atoms with Gasteiger partial charge >= 0.3 is 0 Å². The number of fused-ring (bicyclic) bond motifs is 1. The van der Waals surface area contributed by atoms with E-state index in [9.17, 15) is 4.39 Å². The molecule has 0 N–H and O–H groups in total. The van der Waals surface area contributed by atoms with Gasteiger partial charge in [-0.2, -0.15) is 0 Å². The lowest BCUT2D eigenvalue weighted by atomic mass is 10.2. The molecule has 0 aliphatic heterocycles. The number of alkyl halides is 1. The van der Waals surface area contributed by atoms with Gasteiger partial charge in [0.15, 0.2) is 0 Å². The molecule has 0 radical (unpaired) electrons. The standard InChI is InChI=1S/C14H13ClFN3S/c1-8-3-13-12(4-11(8)16)18-14(5-15)19(13)6-10-7-20-9(2)17-10/h3-4,7H,5-6H2,1-2H3. The van der Waals surface area contributed by atoms with Gasteiger partial charge in [0.25, 0.3) is 0 Å². The van der Waals surface area contributed by atoms with Crippen LogP contribution in [0.1, 0.15) is 22.1 Å². The third-order valence-electron chi connectivity index (χ3n) is 3.21. The molecule has 0 aliphatic rings. The van der Waals surface area contributed by atoms with Crippen molar-refractivity contribution < 1.29 is 4.39 Å². The molecule has 0 bridgehead atoms. The van der Waals surface area contributed by atoms with Crippen molar-refractivity contribution in [3.63, 3.8) is 0 Å². The van der Waals surface area contributed by atoms with Gasteiger partial charge in [-0.3, -0.25) is 0 Å². The molecule has 1 aromatic carbocycles. The number of hydrogen-bond acceptors (Lipinski definition) is 3. The van der Waals surface area contributed by atoms with E-state index in [0.29, 0.717) is 23.5 Å². The van der Waals surface area contributed by atoms with E-state index in [1.165, 1.54) is 6.07 Å². The van der Waals surface area contributed by atoms with E-state index in [2.05, 4.69) is 9.97 Å². The van der Waals surface area contributed by atoms with Crippen molar-refractivity contribution in [3.05, 3.63) is 45.4 Å². The Morgan fingerprint density at radius 3 is 2.75 bits per heavy atom. The number of rotatable bonds is 3. The van der Waals surface area contributed by atoms with E-state index in [0.717, 1.165) is 22.0 Å². The predicted molar refractivity (Wildman–Crippen MR) is 79.9 cm³/mol. The largest absolute Gasteiger partial charge is 0.321 e. The highest BCUT2D eigenvalue weighted by Crippen LogP contribution is 2.23. The molecule has 3 nitrogen and oxygen atoms in total. The molecule has 0 amide bonds. The SMILES string of the molecule is Cc1nc(Cn2c(CCl)nc3cc(F)c(C)cc32)cs1. The lowest BCUT2D eigenvalue weighted by Crippen LogP contribution is -2.04. The Balaban J connectivity index is 2.14. The summed E-state index contributed by atoms with van der Waals surface area (Å²) in [5.41, 5.74) is 3.11. The van der Waals surface area contributed by atoms with Crippen LogP contribution in [-0.4, -0.2) is 14.5 Å². The number of imidazole rings is 1. The average Bonchev–Trinajstić information content (AvgIpc) is 2.96. The maximum atomic E-state index is 13.6. The Morgan fingerprint density at radius 2 is 2.10 bits per heavy atom. The number of benzene rings is 1. The number of hydrogen-bond donors (Lipinski definition) is 0. The first-order valence-corrected chi connectivity index (χ1v) is 7.62. The summed E-state index contributed by atoms with van der Waals surface area (Å²) in [7, 11) is 0. The van der Waals surface area contributed by atoms with E-state index in [1.807, 2.05) is 22.9 Å². The molecule has 2 aromatic heterocycles. The fourth-order valence-corrected chi connectivity index (χ4v) is 3.03. The second-order valence-electron chi connectivity index (χ2n) is 4.70. The van der Waals surface area contributed by atoms with Crippen LogP contribution >= 0.6 is 22.9 Å². The molecule has 6 heteroatoms. The summed E-state index contributed by atoms with van der Waals surface area (Å²) in [5.74, 6) is 0.781. The number of aryl methyl sites for hydroxylation is 2. The first-order valence-electron chi connectivity index (χ1n) is 6.20. The normalized spacial score (nSPS) is 11.4. The second kappa shape index (κ2) is 5.14. The molecular formula is C14H13ClFN3S. The molecule has 0 saturated heterocycles. The van der Waals surface area contributed by atoms with Gasteiger partial charge < -0.3 is 4.57 Å². The molecule has 0 unspecified atom stereocenters. The van der Waals surface area contributed by atoms with E-state index < -0.39 is 0 Å². The van der Waals surface area contributed by atoms with Crippen LogP contribution in [0.3, 0.4) is 0 Å². The van der Waals surface area contributed by atoms with E-state index in [4.69, 9.17) is 11.6 Å². The maximum absolute atomic E-state index is 13.6. The topological polar surface area (TPSA) is 30.7 Å². The minimum atomic E-state index is -0.243. The zero-order chi connectivity index (χ0) is 14.3. The highest BCUT2D eigenvalue weighted by molar-refractivity contribution is 7.09. The molecule has 2 heterocycles. The van der Waals surface area contributed by atoms with Crippen molar-refractivity contribution in [2.45, 2.75) is 26.3 Å². The summed E-state index contributed by atoms with van der Waals surface area (Å²) in [6.45, 7) is 4.33. The van der Waals surface area contributed by atoms with Gasteiger partial charge in [0, 0.05) is 11.4 Å². The maximum Gasteiger partial charge on any atom is 0.128 e. The Kier molecular flexibility index (Phi) is 3.48. The molecule has 3 rings (SSSR count). The Morgan fingerprint density at radius 1 is 1.30 bits per heavy atom. The second-order valence-corrected chi connectivity index (χ2v) is 6.03. The predicted octanol–water partition coefficient (Wildman–Crippen LogP) is 4.04. The molecule has 0 saturated carbocycles. The minimum absolute atomic E-state index is 0.243. The number of nitrogens with zero attached hydrogens (tertiary/aromatic N) is 3. The molecular weight excluding hydrogens is 297 g/mol. The lowest BCUT2D eigenvalue weighted by Gasteiger charge is -2.06. The summed E-state index contributed by atoms with van der Waals surface area (Å²) in [4.78, 5) is 8.86. The zero-order valence-electron chi connectivity index (χ0n) is 11.2. The minimum Gasteiger partial charge on any atom is -0.321 e. The van der Waals surface area contributed by atoms with Gasteiger partial charge in [0.05, 0.1) is 34.2 Å². The van der Waals surface area contributed by atoms with Crippen molar-refractivity contribution in [3.8, 4) is 0 Å². The van der Waals surface area contributed by atoms with Crippen molar-refractivity contribution in [2.24, 2.45) is 0 Å². The van der Waals surface area contributed by atoms with Crippen molar-refractivity contribution in [1.29, 1.82) is 0 Å². The highest BCUT2D eigenvalue weighted by Gasteiger charge is 2.13. The monoisotopic (exact) mass is 309 g/mol. The van der Waals surface area contributed by atoms with Crippen LogP contribution in [-0.2, 0) is 12.4 Å². The van der Waals surface area contributed by atoms with Crippen LogP contribution in [0.25, 0.3) is 11.0 Å². The van der Waals surface area contributed by atoms with Crippen molar-refractivity contribution in [1.82, 2.24) is 14.5 Å². The molecule has 0 spiro atoms. The molecule has 20 heavy (non-hydrogen) atoms. The summed E-state index contributed by atoms with van der Waals surface area (Å²) in [5, 5.41) is 3.05. The summed E-state index contributed by atoms with van der Waals surface area (Å²) < 4.78 is 15.6. The zero-order valence-corrected chi connectivity index (χ0v) is 12.7. The third-order valence-corrected chi connectivity index (χ3v) is 4.28. The number of aromatic nitrogens is 3. The average molecular weight is 310 g/mol. The van der Waals surface area contributed by atoms with E-state index >= 15 is 0 Å². The fraction of sp³-hybridized carbons (Fsp3) is 0.286. The van der Waals surface area contributed by atoms with Gasteiger partial charge in [-0.15, -0.1) is 22.9 Å². The van der Waals surface area contributed by atoms with Crippen LogP contribution in [0.15, 0.2) is 17.5 Å².